The van der Waals surface area contributed by atoms with E-state index in [9.17, 15) is 0 Å². The van der Waals surface area contributed by atoms with Crippen LogP contribution in [-0.2, 0) is 11.3 Å². The molecule has 1 fully saturated rings. The lowest BCUT2D eigenvalue weighted by Crippen LogP contribution is -2.37. The van der Waals surface area contributed by atoms with Crippen molar-refractivity contribution in [2.24, 2.45) is 16.8 Å². The summed E-state index contributed by atoms with van der Waals surface area (Å²) in [6.45, 7) is 4.53. The van der Waals surface area contributed by atoms with Gasteiger partial charge >= 0.3 is 0 Å². The molecule has 6 nitrogen and oxygen atoms in total. The van der Waals surface area contributed by atoms with Crippen molar-refractivity contribution in [3.63, 3.8) is 0 Å². The molecule has 0 radical (unpaired) electrons. The number of nitrogens with two attached hydrogens (primary N) is 1. The van der Waals surface area contributed by atoms with E-state index in [-0.39, 0.29) is 5.84 Å². The Kier molecular flexibility index (Phi) is 5.52. The molecule has 1 atom stereocenters. The summed E-state index contributed by atoms with van der Waals surface area (Å²) in [5.74, 6) is 0.821. The highest BCUT2D eigenvalue weighted by atomic mass is 16.5. The van der Waals surface area contributed by atoms with Gasteiger partial charge in [-0.1, -0.05) is 11.2 Å². The van der Waals surface area contributed by atoms with E-state index in [1.165, 1.54) is 12.8 Å². The molecule has 3 N–H and O–H groups in total. The molecule has 1 aliphatic carbocycles. The van der Waals surface area contributed by atoms with Crippen molar-refractivity contribution >= 4 is 5.84 Å². The summed E-state index contributed by atoms with van der Waals surface area (Å²) in [5, 5.41) is 12.0. The van der Waals surface area contributed by atoms with Gasteiger partial charge in [-0.05, 0) is 37.3 Å². The first-order chi connectivity index (χ1) is 10.2. The molecule has 0 amide bonds. The topological polar surface area (TPSA) is 84.0 Å². The molecular weight excluding hydrogens is 268 g/mol. The zero-order chi connectivity index (χ0) is 15.2. The molecule has 6 heteroatoms. The fourth-order valence-electron chi connectivity index (χ4n) is 2.57. The molecule has 1 aliphatic rings. The Bertz CT molecular complexity index is 488. The van der Waals surface area contributed by atoms with Crippen molar-refractivity contribution in [3.8, 4) is 0 Å². The molecular formula is C15H24N4O2. The number of oxime groups is 1. The zero-order valence-electron chi connectivity index (χ0n) is 12.7. The predicted octanol–water partition coefficient (Wildman–Crippen LogP) is 1.42. The maximum absolute atomic E-state index is 8.88. The first-order valence-corrected chi connectivity index (χ1v) is 7.32. The molecule has 0 aliphatic heterocycles. The van der Waals surface area contributed by atoms with Crippen LogP contribution in [0.4, 0.5) is 0 Å². The minimum absolute atomic E-state index is 0.0522. The van der Waals surface area contributed by atoms with E-state index in [1.54, 1.807) is 13.3 Å². The molecule has 0 bridgehead atoms. The molecule has 1 aromatic rings. The number of nitrogens with zero attached hydrogens (tertiary/aromatic N) is 3. The van der Waals surface area contributed by atoms with Crippen LogP contribution in [0.25, 0.3) is 0 Å². The zero-order valence-corrected chi connectivity index (χ0v) is 12.7. The minimum Gasteiger partial charge on any atom is -0.409 e. The molecule has 1 aromatic heterocycles. The molecule has 1 unspecified atom stereocenters. The number of hydrogen-bond acceptors (Lipinski definition) is 5. The number of methoxy groups -OCH3 is 1. The Balaban J connectivity index is 2.15. The van der Waals surface area contributed by atoms with Gasteiger partial charge in [0.1, 0.15) is 5.69 Å². The highest BCUT2D eigenvalue weighted by molar-refractivity contribution is 5.96. The lowest BCUT2D eigenvalue weighted by atomic mass is 10.1. The van der Waals surface area contributed by atoms with Crippen molar-refractivity contribution in [2.75, 3.05) is 20.3 Å². The van der Waals surface area contributed by atoms with Crippen molar-refractivity contribution in [1.29, 1.82) is 0 Å². The van der Waals surface area contributed by atoms with Crippen molar-refractivity contribution < 1.29 is 9.94 Å². The summed E-state index contributed by atoms with van der Waals surface area (Å²) in [4.78, 5) is 6.61. The molecule has 1 saturated carbocycles. The average Bonchev–Trinajstić information content (AvgIpc) is 3.35. The predicted molar refractivity (Wildman–Crippen MR) is 81.2 cm³/mol. The third-order valence-electron chi connectivity index (χ3n) is 4.08. The van der Waals surface area contributed by atoms with Crippen LogP contribution in [-0.4, -0.2) is 47.2 Å². The monoisotopic (exact) mass is 292 g/mol. The van der Waals surface area contributed by atoms with Crippen LogP contribution in [0, 0.1) is 5.92 Å². The number of aromatic nitrogens is 1. The van der Waals surface area contributed by atoms with Crippen LogP contribution in [0.3, 0.4) is 0 Å². The fourth-order valence-corrected chi connectivity index (χ4v) is 2.57. The van der Waals surface area contributed by atoms with Gasteiger partial charge < -0.3 is 15.7 Å². The molecule has 2 rings (SSSR count). The first-order valence-electron chi connectivity index (χ1n) is 7.32. The largest absolute Gasteiger partial charge is 0.409 e. The van der Waals surface area contributed by atoms with Crippen LogP contribution in [0.5, 0.6) is 0 Å². The van der Waals surface area contributed by atoms with Gasteiger partial charge in [0.15, 0.2) is 5.84 Å². The minimum atomic E-state index is 0.0522. The van der Waals surface area contributed by atoms with Gasteiger partial charge in [0.25, 0.3) is 0 Å². The van der Waals surface area contributed by atoms with Crippen LogP contribution in [0.2, 0.25) is 0 Å². The van der Waals surface area contributed by atoms with E-state index in [2.05, 4.69) is 22.0 Å². The molecule has 21 heavy (non-hydrogen) atoms. The second-order valence-corrected chi connectivity index (χ2v) is 5.54. The quantitative estimate of drug-likeness (QED) is 0.328. The van der Waals surface area contributed by atoms with E-state index in [1.807, 2.05) is 12.1 Å². The number of ether oxygens (including phenoxy) is 1. The van der Waals surface area contributed by atoms with Crippen LogP contribution in [0.1, 0.15) is 31.0 Å². The van der Waals surface area contributed by atoms with E-state index < -0.39 is 0 Å². The Morgan fingerprint density at radius 2 is 2.38 bits per heavy atom. The molecule has 116 valence electrons. The van der Waals surface area contributed by atoms with Gasteiger partial charge in [0.2, 0.25) is 0 Å². The normalized spacial score (nSPS) is 17.2. The van der Waals surface area contributed by atoms with Crippen molar-refractivity contribution in [3.05, 3.63) is 29.6 Å². The van der Waals surface area contributed by atoms with Crippen LogP contribution < -0.4 is 5.73 Å². The fraction of sp³-hybridized carbons (Fsp3) is 0.600. The molecule has 0 aromatic carbocycles. The first kappa shape index (κ1) is 15.7. The van der Waals surface area contributed by atoms with Gasteiger partial charge in [-0.15, -0.1) is 0 Å². The summed E-state index contributed by atoms with van der Waals surface area (Å²) in [7, 11) is 1.71. The van der Waals surface area contributed by atoms with Gasteiger partial charge in [-0.3, -0.25) is 9.88 Å². The van der Waals surface area contributed by atoms with Crippen molar-refractivity contribution in [2.45, 2.75) is 32.4 Å². The van der Waals surface area contributed by atoms with E-state index >= 15 is 0 Å². The SMILES string of the molecule is COCCN(Cc1cccnc1C(N)=NO)C(C)C1CC1. The number of rotatable bonds is 8. The van der Waals surface area contributed by atoms with Crippen molar-refractivity contribution in [1.82, 2.24) is 9.88 Å². The van der Waals surface area contributed by atoms with Gasteiger partial charge in [0.05, 0.1) is 6.61 Å². The molecule has 1 heterocycles. The Morgan fingerprint density at radius 3 is 3.00 bits per heavy atom. The average molecular weight is 292 g/mol. The van der Waals surface area contributed by atoms with E-state index in [4.69, 9.17) is 15.7 Å². The Hall–Kier alpha value is -1.66. The standard InChI is InChI=1S/C15H24N4O2/c1-11(12-5-6-12)19(8-9-21-2)10-13-4-3-7-17-14(13)15(16)18-20/h3-4,7,11-12,20H,5-6,8-10H2,1-2H3,(H2,16,18). The highest BCUT2D eigenvalue weighted by Crippen LogP contribution is 2.35. The second kappa shape index (κ2) is 7.38. The van der Waals surface area contributed by atoms with Crippen LogP contribution >= 0.6 is 0 Å². The summed E-state index contributed by atoms with van der Waals surface area (Å²) in [6, 6.07) is 4.35. The smallest absolute Gasteiger partial charge is 0.189 e. The van der Waals surface area contributed by atoms with Gasteiger partial charge in [0, 0.05) is 32.4 Å². The maximum atomic E-state index is 8.88. The summed E-state index contributed by atoms with van der Waals surface area (Å²) >= 11 is 0. The number of amidine groups is 1. The maximum Gasteiger partial charge on any atom is 0.189 e. The Morgan fingerprint density at radius 1 is 1.62 bits per heavy atom. The molecule has 0 saturated heterocycles. The summed E-state index contributed by atoms with van der Waals surface area (Å²) in [6.07, 6.45) is 4.25. The third kappa shape index (κ3) is 4.15. The van der Waals surface area contributed by atoms with E-state index in [0.29, 0.717) is 18.3 Å². The highest BCUT2D eigenvalue weighted by Gasteiger charge is 2.32. The van der Waals surface area contributed by atoms with E-state index in [0.717, 1.165) is 24.6 Å². The second-order valence-electron chi connectivity index (χ2n) is 5.54. The Labute approximate surface area is 125 Å². The number of pyridine rings is 1. The summed E-state index contributed by atoms with van der Waals surface area (Å²) < 4.78 is 5.21. The summed E-state index contributed by atoms with van der Waals surface area (Å²) in [5.41, 5.74) is 7.23. The third-order valence-corrected chi connectivity index (χ3v) is 4.08. The van der Waals surface area contributed by atoms with Gasteiger partial charge in [-0.2, -0.15) is 0 Å². The lowest BCUT2D eigenvalue weighted by molar-refractivity contribution is 0.111. The van der Waals surface area contributed by atoms with Gasteiger partial charge in [-0.25, -0.2) is 0 Å². The lowest BCUT2D eigenvalue weighted by Gasteiger charge is -2.29. The van der Waals surface area contributed by atoms with Crippen LogP contribution in [0.15, 0.2) is 23.5 Å². The number of hydrogen-bond donors (Lipinski definition) is 2. The molecule has 0 spiro atoms.